The summed E-state index contributed by atoms with van der Waals surface area (Å²) in [5.74, 6) is 0. The van der Waals surface area contributed by atoms with Crippen LogP contribution in [0.2, 0.25) is 0 Å². The highest BCUT2D eigenvalue weighted by atomic mass is 16.5. The minimum absolute atomic E-state index is 0.453. The molecule has 0 spiro atoms. The molecule has 0 saturated carbocycles. The number of rotatable bonds is 6. The zero-order chi connectivity index (χ0) is 13.5. The Balaban J connectivity index is 1.67. The molecule has 1 aliphatic carbocycles. The van der Waals surface area contributed by atoms with E-state index in [1.807, 2.05) is 6.08 Å². The largest absolute Gasteiger partial charge is 0.399 e. The molecule has 3 N–H and O–H groups in total. The van der Waals surface area contributed by atoms with Gasteiger partial charge in [0.05, 0.1) is 13.2 Å². The smallest absolute Gasteiger partial charge is 0.0594 e. The molecular weight excluding hydrogens is 238 g/mol. The van der Waals surface area contributed by atoms with E-state index in [4.69, 9.17) is 10.5 Å². The molecule has 19 heavy (non-hydrogen) atoms. The first kappa shape index (κ1) is 14.6. The Bertz CT molecular complexity index is 321. The summed E-state index contributed by atoms with van der Waals surface area (Å²) in [6.07, 6.45) is 9.70. The fourth-order valence-electron chi connectivity index (χ4n) is 2.81. The first-order valence-electron chi connectivity index (χ1n) is 7.48. The summed E-state index contributed by atoms with van der Waals surface area (Å²) in [7, 11) is 0. The lowest BCUT2D eigenvalue weighted by molar-refractivity contribution is 0.0140. The number of nitrogens with one attached hydrogen (secondary N) is 1. The van der Waals surface area contributed by atoms with Gasteiger partial charge < -0.3 is 15.8 Å². The number of nitrogens with two attached hydrogens (primary N) is 1. The Morgan fingerprint density at radius 3 is 2.89 bits per heavy atom. The van der Waals surface area contributed by atoms with Gasteiger partial charge >= 0.3 is 0 Å². The molecule has 1 heterocycles. The fraction of sp³-hybridized carbons (Fsp3) is 0.733. The van der Waals surface area contributed by atoms with Gasteiger partial charge in [0.2, 0.25) is 0 Å². The van der Waals surface area contributed by atoms with Crippen molar-refractivity contribution in [2.45, 2.75) is 38.3 Å². The second-order valence-electron chi connectivity index (χ2n) is 5.36. The van der Waals surface area contributed by atoms with Crippen molar-refractivity contribution < 1.29 is 4.74 Å². The van der Waals surface area contributed by atoms with Crippen LogP contribution in [-0.4, -0.2) is 49.8 Å². The lowest BCUT2D eigenvalue weighted by Crippen LogP contribution is -2.44. The number of morpholine rings is 1. The second-order valence-corrected chi connectivity index (χ2v) is 5.36. The maximum absolute atomic E-state index is 5.72. The van der Waals surface area contributed by atoms with Gasteiger partial charge in [0.1, 0.15) is 0 Å². The van der Waals surface area contributed by atoms with Gasteiger partial charge in [-0.25, -0.2) is 0 Å². The Morgan fingerprint density at radius 1 is 1.47 bits per heavy atom. The van der Waals surface area contributed by atoms with E-state index in [0.29, 0.717) is 12.1 Å². The van der Waals surface area contributed by atoms with Crippen LogP contribution in [0.5, 0.6) is 0 Å². The molecule has 0 aromatic carbocycles. The van der Waals surface area contributed by atoms with Gasteiger partial charge in [-0.1, -0.05) is 19.1 Å². The minimum Gasteiger partial charge on any atom is -0.399 e. The van der Waals surface area contributed by atoms with Crippen molar-refractivity contribution in [3.63, 3.8) is 0 Å². The number of allylic oxidation sites excluding steroid dienone is 1. The summed E-state index contributed by atoms with van der Waals surface area (Å²) in [6, 6.07) is 1.14. The number of hydrogen-bond donors (Lipinski definition) is 2. The van der Waals surface area contributed by atoms with Crippen molar-refractivity contribution in [3.8, 4) is 0 Å². The third-order valence-electron chi connectivity index (χ3n) is 4.05. The molecule has 0 amide bonds. The molecule has 1 fully saturated rings. The van der Waals surface area contributed by atoms with Crippen molar-refractivity contribution in [1.82, 2.24) is 10.2 Å². The fourth-order valence-corrected chi connectivity index (χ4v) is 2.81. The molecule has 2 rings (SSSR count). The summed E-state index contributed by atoms with van der Waals surface area (Å²) < 4.78 is 5.42. The van der Waals surface area contributed by atoms with Crippen LogP contribution in [0.15, 0.2) is 23.9 Å². The average Bonchev–Trinajstić information content (AvgIpc) is 2.46. The van der Waals surface area contributed by atoms with E-state index in [1.54, 1.807) is 0 Å². The van der Waals surface area contributed by atoms with E-state index in [1.165, 1.54) is 12.8 Å². The van der Waals surface area contributed by atoms with E-state index in [0.717, 1.165) is 45.0 Å². The van der Waals surface area contributed by atoms with Crippen molar-refractivity contribution in [2.75, 3.05) is 32.8 Å². The Hall–Kier alpha value is -0.840. The lowest BCUT2D eigenvalue weighted by Gasteiger charge is -2.34. The van der Waals surface area contributed by atoms with Gasteiger partial charge in [-0.2, -0.15) is 0 Å². The molecule has 0 radical (unpaired) electrons. The van der Waals surface area contributed by atoms with E-state index >= 15 is 0 Å². The quantitative estimate of drug-likeness (QED) is 0.759. The van der Waals surface area contributed by atoms with Gasteiger partial charge in [0.25, 0.3) is 0 Å². The van der Waals surface area contributed by atoms with Gasteiger partial charge in [-0.3, -0.25) is 4.90 Å². The van der Waals surface area contributed by atoms with Crippen LogP contribution in [-0.2, 0) is 4.74 Å². The highest BCUT2D eigenvalue weighted by molar-refractivity contribution is 5.22. The standard InChI is InChI=1S/C15H27N3O/c1-2-15(18-9-11-19-12-10-18)7-8-17-14-5-3-13(16)4-6-14/h3-5,14-15,17H,2,6-12,16H2,1H3. The number of ether oxygens (including phenoxy) is 1. The highest BCUT2D eigenvalue weighted by Crippen LogP contribution is 2.11. The topological polar surface area (TPSA) is 50.5 Å². The normalized spacial score (nSPS) is 26.2. The molecule has 0 aromatic rings. The van der Waals surface area contributed by atoms with Crippen LogP contribution >= 0.6 is 0 Å². The summed E-state index contributed by atoms with van der Waals surface area (Å²) >= 11 is 0. The van der Waals surface area contributed by atoms with Crippen LogP contribution < -0.4 is 11.1 Å². The summed E-state index contributed by atoms with van der Waals surface area (Å²) in [4.78, 5) is 2.57. The van der Waals surface area contributed by atoms with Crippen molar-refractivity contribution >= 4 is 0 Å². The molecule has 4 heteroatoms. The van der Waals surface area contributed by atoms with Crippen molar-refractivity contribution in [1.29, 1.82) is 0 Å². The minimum atomic E-state index is 0.453. The highest BCUT2D eigenvalue weighted by Gasteiger charge is 2.19. The zero-order valence-electron chi connectivity index (χ0n) is 12.0. The first-order valence-corrected chi connectivity index (χ1v) is 7.48. The van der Waals surface area contributed by atoms with Gasteiger partial charge in [-0.05, 0) is 31.9 Å². The van der Waals surface area contributed by atoms with Crippen molar-refractivity contribution in [2.24, 2.45) is 5.73 Å². The molecule has 2 unspecified atom stereocenters. The molecule has 0 aromatic heterocycles. The SMILES string of the molecule is CCC(CCNC1C=CC(N)=CC1)N1CCOCC1. The third-order valence-corrected chi connectivity index (χ3v) is 4.05. The van der Waals surface area contributed by atoms with Crippen LogP contribution in [0.4, 0.5) is 0 Å². The maximum atomic E-state index is 5.72. The predicted molar refractivity (Wildman–Crippen MR) is 78.9 cm³/mol. The van der Waals surface area contributed by atoms with Gasteiger partial charge in [0, 0.05) is 30.9 Å². The predicted octanol–water partition coefficient (Wildman–Crippen LogP) is 1.25. The summed E-state index contributed by atoms with van der Waals surface area (Å²) in [6.45, 7) is 7.30. The zero-order valence-corrected chi connectivity index (χ0v) is 12.0. The van der Waals surface area contributed by atoms with E-state index in [9.17, 15) is 0 Å². The third kappa shape index (κ3) is 4.64. The summed E-state index contributed by atoms with van der Waals surface area (Å²) in [5.41, 5.74) is 6.61. The average molecular weight is 265 g/mol. The number of nitrogens with zero attached hydrogens (tertiary/aromatic N) is 1. The van der Waals surface area contributed by atoms with Crippen LogP contribution in [0.25, 0.3) is 0 Å². The van der Waals surface area contributed by atoms with Crippen molar-refractivity contribution in [3.05, 3.63) is 23.9 Å². The molecule has 0 bridgehead atoms. The lowest BCUT2D eigenvalue weighted by atomic mass is 10.1. The Morgan fingerprint density at radius 2 is 2.26 bits per heavy atom. The van der Waals surface area contributed by atoms with Gasteiger partial charge in [0.15, 0.2) is 0 Å². The second kappa shape index (κ2) is 7.68. The Kier molecular flexibility index (Phi) is 5.89. The van der Waals surface area contributed by atoms with E-state index in [2.05, 4.69) is 29.3 Å². The summed E-state index contributed by atoms with van der Waals surface area (Å²) in [5, 5.41) is 3.60. The van der Waals surface area contributed by atoms with Crippen LogP contribution in [0.3, 0.4) is 0 Å². The van der Waals surface area contributed by atoms with E-state index < -0.39 is 0 Å². The Labute approximate surface area is 116 Å². The molecule has 2 atom stereocenters. The molecule has 1 saturated heterocycles. The van der Waals surface area contributed by atoms with Crippen LogP contribution in [0.1, 0.15) is 26.2 Å². The van der Waals surface area contributed by atoms with E-state index in [-0.39, 0.29) is 0 Å². The molecule has 2 aliphatic rings. The molecular formula is C15H27N3O. The monoisotopic (exact) mass is 265 g/mol. The molecule has 1 aliphatic heterocycles. The first-order chi connectivity index (χ1) is 9.29. The molecule has 4 nitrogen and oxygen atoms in total. The van der Waals surface area contributed by atoms with Crippen LogP contribution in [0, 0.1) is 0 Å². The maximum Gasteiger partial charge on any atom is 0.0594 e. The number of hydrogen-bond acceptors (Lipinski definition) is 4. The molecule has 108 valence electrons. The van der Waals surface area contributed by atoms with Gasteiger partial charge in [-0.15, -0.1) is 0 Å².